The number of aliphatic hydroxyl groups is 10. The fraction of sp³-hybridized carbons (Fsp3) is 0.959. The van der Waals surface area contributed by atoms with Gasteiger partial charge in [0.05, 0.1) is 13.2 Å². The van der Waals surface area contributed by atoms with Gasteiger partial charge in [-0.25, -0.2) is 4.57 Å². The van der Waals surface area contributed by atoms with E-state index in [1.165, 1.54) is 148 Å². The Kier molecular flexibility index (Phi) is 50.2. The summed E-state index contributed by atoms with van der Waals surface area (Å²) >= 11 is 0. The second-order valence-corrected chi connectivity index (χ2v) is 29.8. The van der Waals surface area contributed by atoms with Crippen LogP contribution in [0, 0.1) is 5.92 Å². The Hall–Kier alpha value is -2.04. The van der Waals surface area contributed by atoms with Gasteiger partial charge >= 0.3 is 25.7 Å². The van der Waals surface area contributed by atoms with Gasteiger partial charge in [0.15, 0.2) is 18.7 Å². The number of carbonyl (C=O) groups is 3. The summed E-state index contributed by atoms with van der Waals surface area (Å²) in [6.07, 6.45) is 10.3. The molecule has 24 nitrogen and oxygen atoms in total. The van der Waals surface area contributed by atoms with E-state index in [4.69, 9.17) is 42.2 Å². The first-order chi connectivity index (χ1) is 47.2. The first kappa shape index (κ1) is 90.2. The molecule has 578 valence electrons. The quantitative estimate of drug-likeness (QED) is 0.0117. The number of aliphatic hydroxyl groups excluding tert-OH is 10. The van der Waals surface area contributed by atoms with E-state index in [1.54, 1.807) is 0 Å². The summed E-state index contributed by atoms with van der Waals surface area (Å²) in [5, 5.41) is 110. The SMILES string of the molecule is CCCCCCCCCCCCCCCCCCC(=O)OC(COC(=O)CCCCCCCCC(C)CCCCCCCC)COP(=O)(O)OC1C(OC2OC(CO)C(O)C(O)C2O)C(O)C(O)C(O)C1OC1OC(COC(=O)CCCCCCCCCCCCC)C(O)C(O)C1O. The van der Waals surface area contributed by atoms with Crippen molar-refractivity contribution < 1.29 is 117 Å². The van der Waals surface area contributed by atoms with Gasteiger partial charge in [-0.1, -0.05) is 272 Å². The summed E-state index contributed by atoms with van der Waals surface area (Å²) in [5.74, 6) is -1.28. The molecule has 0 aromatic heterocycles. The minimum Gasteiger partial charge on any atom is -0.463 e. The van der Waals surface area contributed by atoms with Crippen molar-refractivity contribution in [2.45, 2.75) is 414 Å². The largest absolute Gasteiger partial charge is 0.472 e. The zero-order valence-electron chi connectivity index (χ0n) is 60.5. The van der Waals surface area contributed by atoms with E-state index in [-0.39, 0.29) is 19.3 Å². The Morgan fingerprint density at radius 1 is 0.388 bits per heavy atom. The zero-order valence-corrected chi connectivity index (χ0v) is 61.4. The number of phosphoric ester groups is 1. The zero-order chi connectivity index (χ0) is 71.9. The van der Waals surface area contributed by atoms with Crippen LogP contribution in [0.1, 0.15) is 310 Å². The molecule has 3 fully saturated rings. The number of hydrogen-bond donors (Lipinski definition) is 11. The van der Waals surface area contributed by atoms with Crippen LogP contribution in [0.4, 0.5) is 0 Å². The van der Waals surface area contributed by atoms with Crippen LogP contribution >= 0.6 is 7.82 Å². The van der Waals surface area contributed by atoms with E-state index >= 15 is 0 Å². The summed E-state index contributed by atoms with van der Waals surface area (Å²) in [7, 11) is -5.69. The lowest BCUT2D eigenvalue weighted by Gasteiger charge is -2.49. The third kappa shape index (κ3) is 37.6. The van der Waals surface area contributed by atoms with E-state index in [0.717, 1.165) is 96.3 Å². The number of carbonyl (C=O) groups excluding carboxylic acids is 3. The van der Waals surface area contributed by atoms with Gasteiger partial charge in [-0.15, -0.1) is 0 Å². The fourth-order valence-electron chi connectivity index (χ4n) is 13.1. The van der Waals surface area contributed by atoms with Gasteiger partial charge in [-0.05, 0) is 25.2 Å². The third-order valence-corrected chi connectivity index (χ3v) is 20.5. The molecule has 3 rings (SSSR count). The molecule has 0 bridgehead atoms. The van der Waals surface area contributed by atoms with E-state index in [9.17, 15) is 74.9 Å². The number of esters is 3. The van der Waals surface area contributed by atoms with Gasteiger partial charge in [0.1, 0.15) is 98.7 Å². The predicted octanol–water partition coefficient (Wildman–Crippen LogP) is 10.8. The van der Waals surface area contributed by atoms with Crippen molar-refractivity contribution in [3.63, 3.8) is 0 Å². The number of ether oxygens (including phenoxy) is 7. The molecular weight excluding hydrogens is 1290 g/mol. The Balaban J connectivity index is 1.74. The second-order valence-electron chi connectivity index (χ2n) is 28.4. The number of phosphoric acid groups is 1. The Bertz CT molecular complexity index is 2050. The maximum Gasteiger partial charge on any atom is 0.472 e. The molecule has 2 heterocycles. The van der Waals surface area contributed by atoms with Crippen molar-refractivity contribution in [2.75, 3.05) is 26.4 Å². The third-order valence-electron chi connectivity index (χ3n) is 19.5. The molecule has 0 amide bonds. The van der Waals surface area contributed by atoms with Crippen LogP contribution in [0.5, 0.6) is 0 Å². The minimum atomic E-state index is -5.69. The molecule has 0 radical (unpaired) electrons. The van der Waals surface area contributed by atoms with Crippen LogP contribution in [0.25, 0.3) is 0 Å². The summed E-state index contributed by atoms with van der Waals surface area (Å²) in [5.41, 5.74) is 0. The predicted molar refractivity (Wildman–Crippen MR) is 370 cm³/mol. The van der Waals surface area contributed by atoms with Crippen molar-refractivity contribution in [2.24, 2.45) is 5.92 Å². The van der Waals surface area contributed by atoms with Gasteiger partial charge in [0.2, 0.25) is 0 Å². The summed E-state index contributed by atoms with van der Waals surface area (Å²) in [4.78, 5) is 51.1. The Labute approximate surface area is 587 Å². The van der Waals surface area contributed by atoms with Crippen LogP contribution in [-0.2, 0) is 61.2 Å². The van der Waals surface area contributed by atoms with Crippen LogP contribution in [0.15, 0.2) is 0 Å². The van der Waals surface area contributed by atoms with Crippen molar-refractivity contribution in [1.82, 2.24) is 0 Å². The minimum absolute atomic E-state index is 0.0324. The van der Waals surface area contributed by atoms with Crippen LogP contribution in [0.2, 0.25) is 0 Å². The fourth-order valence-corrected chi connectivity index (χ4v) is 14.1. The normalized spacial score (nSPS) is 27.9. The molecule has 11 N–H and O–H groups in total. The lowest BCUT2D eigenvalue weighted by Crippen LogP contribution is -2.69. The topological polar surface area (TPSA) is 374 Å². The lowest BCUT2D eigenvalue weighted by molar-refractivity contribution is -0.360. The second kappa shape index (κ2) is 54.6. The molecule has 2 saturated heterocycles. The first-order valence-electron chi connectivity index (χ1n) is 38.7. The Morgan fingerprint density at radius 3 is 1.10 bits per heavy atom. The molecule has 19 unspecified atom stereocenters. The molecule has 19 atom stereocenters. The number of unbranched alkanes of at least 4 members (excludes halogenated alkanes) is 35. The number of hydrogen-bond acceptors (Lipinski definition) is 23. The smallest absolute Gasteiger partial charge is 0.463 e. The highest BCUT2D eigenvalue weighted by Crippen LogP contribution is 2.49. The molecule has 25 heteroatoms. The standard InChI is InChI=1S/C73H137O24P/c1-5-8-11-14-17-19-21-22-23-24-25-27-29-31-38-43-48-59(77)92-54(50-89-57(75)46-41-37-33-32-35-40-45-53(4)44-39-34-16-13-10-7-3)51-91-98(87,88)97-71-69(95-72-67(85)62(80)60(78)55(49-74)93-72)65(83)64(82)66(84)70(71)96-73-68(86)63(81)61(79)56(94-73)52-90-58(76)47-42-36-30-28-26-20-18-15-12-9-6-2/h53-56,60-74,78-86H,5-52H2,1-4H3,(H,87,88). The van der Waals surface area contributed by atoms with Crippen molar-refractivity contribution >= 4 is 25.7 Å². The highest BCUT2D eigenvalue weighted by molar-refractivity contribution is 7.47. The molecule has 0 spiro atoms. The Morgan fingerprint density at radius 2 is 0.714 bits per heavy atom. The van der Waals surface area contributed by atoms with Crippen LogP contribution in [0.3, 0.4) is 0 Å². The van der Waals surface area contributed by atoms with Gasteiger partial charge in [-0.2, -0.15) is 0 Å². The van der Waals surface area contributed by atoms with Crippen LogP contribution < -0.4 is 0 Å². The summed E-state index contributed by atoms with van der Waals surface area (Å²) < 4.78 is 65.1. The molecule has 98 heavy (non-hydrogen) atoms. The van der Waals surface area contributed by atoms with E-state index < -0.39 is 156 Å². The molecule has 2 aliphatic heterocycles. The van der Waals surface area contributed by atoms with Crippen molar-refractivity contribution in [1.29, 1.82) is 0 Å². The van der Waals surface area contributed by atoms with Crippen molar-refractivity contribution in [3.8, 4) is 0 Å². The lowest BCUT2D eigenvalue weighted by atomic mass is 9.84. The summed E-state index contributed by atoms with van der Waals surface area (Å²) in [6, 6.07) is 0. The van der Waals surface area contributed by atoms with E-state index in [2.05, 4.69) is 27.7 Å². The molecule has 0 aromatic carbocycles. The summed E-state index contributed by atoms with van der Waals surface area (Å²) in [6.45, 7) is 5.79. The highest BCUT2D eigenvalue weighted by atomic mass is 31.2. The number of rotatable bonds is 60. The van der Waals surface area contributed by atoms with Gasteiger partial charge in [0, 0.05) is 19.3 Å². The van der Waals surface area contributed by atoms with E-state index in [1.807, 2.05) is 0 Å². The van der Waals surface area contributed by atoms with E-state index in [0.29, 0.717) is 25.2 Å². The van der Waals surface area contributed by atoms with Gasteiger partial charge in [0.25, 0.3) is 0 Å². The molecule has 1 aliphatic carbocycles. The molecular formula is C73H137O24P. The average molecular weight is 1430 g/mol. The van der Waals surface area contributed by atoms with Gasteiger partial charge < -0.3 is 89.1 Å². The van der Waals surface area contributed by atoms with Crippen LogP contribution in [-0.4, -0.2) is 204 Å². The highest BCUT2D eigenvalue weighted by Gasteiger charge is 2.58. The molecule has 3 aliphatic rings. The van der Waals surface area contributed by atoms with Crippen molar-refractivity contribution in [3.05, 3.63) is 0 Å². The molecule has 0 aromatic rings. The maximum absolute atomic E-state index is 14.4. The average Bonchev–Trinajstić information content (AvgIpc) is 0.764. The maximum atomic E-state index is 14.4. The molecule has 1 saturated carbocycles. The monoisotopic (exact) mass is 1430 g/mol. The first-order valence-corrected chi connectivity index (χ1v) is 40.2. The van der Waals surface area contributed by atoms with Gasteiger partial charge in [-0.3, -0.25) is 23.4 Å².